The molecule has 0 fully saturated rings. The molecule has 0 saturated heterocycles. The summed E-state index contributed by atoms with van der Waals surface area (Å²) in [6.07, 6.45) is 4.46. The zero-order valence-corrected chi connectivity index (χ0v) is 10.6. The smallest absolute Gasteiger partial charge is 0.224 e. The van der Waals surface area contributed by atoms with Crippen molar-refractivity contribution in [1.29, 1.82) is 0 Å². The summed E-state index contributed by atoms with van der Waals surface area (Å²) < 4.78 is 15.8. The van der Waals surface area contributed by atoms with Gasteiger partial charge in [0.15, 0.2) is 11.6 Å². The Labute approximate surface area is 105 Å². The van der Waals surface area contributed by atoms with Crippen LogP contribution in [0, 0.1) is 9.39 Å². The highest BCUT2D eigenvalue weighted by molar-refractivity contribution is 14.1. The van der Waals surface area contributed by atoms with Gasteiger partial charge in [0.2, 0.25) is 5.95 Å². The van der Waals surface area contributed by atoms with Crippen LogP contribution in [-0.4, -0.2) is 26.3 Å². The Morgan fingerprint density at radius 3 is 2.94 bits per heavy atom. The van der Waals surface area contributed by atoms with E-state index in [1.54, 1.807) is 12.4 Å². The van der Waals surface area contributed by atoms with Crippen LogP contribution in [0.4, 0.5) is 10.3 Å². The monoisotopic (exact) mass is 333 g/mol. The predicted octanol–water partition coefficient (Wildman–Crippen LogP) is 1.84. The van der Waals surface area contributed by atoms with E-state index in [-0.39, 0.29) is 5.82 Å². The SMILES string of the molecule is CCNc1ncc(F)c(-n2cc(I)cn2)n1. The number of aromatic nitrogens is 4. The second-order valence-corrected chi connectivity index (χ2v) is 4.24. The topological polar surface area (TPSA) is 55.6 Å². The average Bonchev–Trinajstić information content (AvgIpc) is 2.68. The normalized spacial score (nSPS) is 10.4. The fourth-order valence-electron chi connectivity index (χ4n) is 1.18. The molecule has 84 valence electrons. The molecule has 0 spiro atoms. The van der Waals surface area contributed by atoms with E-state index < -0.39 is 5.82 Å². The summed E-state index contributed by atoms with van der Waals surface area (Å²) in [7, 11) is 0. The number of rotatable bonds is 3. The van der Waals surface area contributed by atoms with Crippen LogP contribution < -0.4 is 5.32 Å². The highest BCUT2D eigenvalue weighted by atomic mass is 127. The third kappa shape index (κ3) is 2.29. The van der Waals surface area contributed by atoms with Crippen molar-refractivity contribution in [1.82, 2.24) is 19.7 Å². The first kappa shape index (κ1) is 11.2. The summed E-state index contributed by atoms with van der Waals surface area (Å²) in [5.41, 5.74) is 0. The van der Waals surface area contributed by atoms with E-state index in [9.17, 15) is 4.39 Å². The molecular formula is C9H9FIN5. The van der Waals surface area contributed by atoms with E-state index in [1.165, 1.54) is 4.68 Å². The fraction of sp³-hybridized carbons (Fsp3) is 0.222. The van der Waals surface area contributed by atoms with Gasteiger partial charge in [0, 0.05) is 12.7 Å². The molecule has 0 aliphatic heterocycles. The number of anilines is 1. The van der Waals surface area contributed by atoms with Gasteiger partial charge in [0.1, 0.15) is 0 Å². The Bertz CT molecular complexity index is 498. The van der Waals surface area contributed by atoms with Crippen molar-refractivity contribution < 1.29 is 4.39 Å². The number of hydrogen-bond donors (Lipinski definition) is 1. The molecule has 2 heterocycles. The zero-order valence-electron chi connectivity index (χ0n) is 8.48. The Kier molecular flexibility index (Phi) is 3.32. The standard InChI is InChI=1S/C9H9FIN5/c1-2-12-9-13-4-7(10)8(15-9)16-5-6(11)3-14-16/h3-5H,2H2,1H3,(H,12,13,15). The summed E-state index contributed by atoms with van der Waals surface area (Å²) in [6.45, 7) is 2.60. The Hall–Kier alpha value is -1.25. The molecule has 2 aromatic heterocycles. The minimum atomic E-state index is -0.499. The lowest BCUT2D eigenvalue weighted by atomic mass is 10.5. The second-order valence-electron chi connectivity index (χ2n) is 3.00. The van der Waals surface area contributed by atoms with Gasteiger partial charge in [-0.05, 0) is 29.5 Å². The van der Waals surface area contributed by atoms with E-state index in [0.717, 1.165) is 9.77 Å². The first-order chi connectivity index (χ1) is 7.70. The van der Waals surface area contributed by atoms with Gasteiger partial charge in [-0.25, -0.2) is 14.1 Å². The number of nitrogens with one attached hydrogen (secondary N) is 1. The molecule has 0 aliphatic carbocycles. The molecule has 5 nitrogen and oxygen atoms in total. The predicted molar refractivity (Wildman–Crippen MR) is 66.0 cm³/mol. The number of nitrogens with zero attached hydrogens (tertiary/aromatic N) is 4. The maximum atomic E-state index is 13.5. The van der Waals surface area contributed by atoms with Crippen molar-refractivity contribution in [3.8, 4) is 5.82 Å². The van der Waals surface area contributed by atoms with Crippen LogP contribution in [0.25, 0.3) is 5.82 Å². The molecule has 16 heavy (non-hydrogen) atoms. The van der Waals surface area contributed by atoms with Gasteiger partial charge < -0.3 is 5.32 Å². The van der Waals surface area contributed by atoms with Crippen molar-refractivity contribution in [3.05, 3.63) is 28.0 Å². The first-order valence-electron chi connectivity index (χ1n) is 4.67. The quantitative estimate of drug-likeness (QED) is 0.871. The van der Waals surface area contributed by atoms with Crippen molar-refractivity contribution in [2.45, 2.75) is 6.92 Å². The largest absolute Gasteiger partial charge is 0.354 e. The van der Waals surface area contributed by atoms with Crippen LogP contribution in [0.1, 0.15) is 6.92 Å². The van der Waals surface area contributed by atoms with Crippen LogP contribution in [0.3, 0.4) is 0 Å². The Balaban J connectivity index is 2.42. The molecule has 0 aromatic carbocycles. The minimum Gasteiger partial charge on any atom is -0.354 e. The van der Waals surface area contributed by atoms with E-state index in [1.807, 2.05) is 6.92 Å². The lowest BCUT2D eigenvalue weighted by Crippen LogP contribution is -2.08. The Morgan fingerprint density at radius 1 is 1.50 bits per heavy atom. The molecule has 0 radical (unpaired) electrons. The number of halogens is 2. The molecule has 2 aromatic rings. The third-order valence-corrected chi connectivity index (χ3v) is 2.39. The molecule has 1 N–H and O–H groups in total. The molecule has 0 unspecified atom stereocenters. The fourth-order valence-corrected chi connectivity index (χ4v) is 1.57. The Morgan fingerprint density at radius 2 is 2.31 bits per heavy atom. The molecule has 2 rings (SSSR count). The average molecular weight is 333 g/mol. The highest BCUT2D eigenvalue weighted by Gasteiger charge is 2.09. The number of hydrogen-bond acceptors (Lipinski definition) is 4. The summed E-state index contributed by atoms with van der Waals surface area (Å²) in [6, 6.07) is 0. The lowest BCUT2D eigenvalue weighted by molar-refractivity contribution is 0.593. The maximum Gasteiger partial charge on any atom is 0.224 e. The highest BCUT2D eigenvalue weighted by Crippen LogP contribution is 2.12. The summed E-state index contributed by atoms with van der Waals surface area (Å²) in [4.78, 5) is 7.87. The van der Waals surface area contributed by atoms with Crippen LogP contribution >= 0.6 is 22.6 Å². The molecular weight excluding hydrogens is 324 g/mol. The second kappa shape index (κ2) is 4.73. The molecule has 0 amide bonds. The summed E-state index contributed by atoms with van der Waals surface area (Å²) >= 11 is 2.10. The van der Waals surface area contributed by atoms with Gasteiger partial charge >= 0.3 is 0 Å². The van der Waals surface area contributed by atoms with Crippen molar-refractivity contribution in [3.63, 3.8) is 0 Å². The lowest BCUT2D eigenvalue weighted by Gasteiger charge is -2.05. The molecule has 7 heteroatoms. The third-order valence-electron chi connectivity index (χ3n) is 1.83. The van der Waals surface area contributed by atoms with Crippen molar-refractivity contribution >= 4 is 28.5 Å². The van der Waals surface area contributed by atoms with Gasteiger partial charge in [-0.2, -0.15) is 10.1 Å². The van der Waals surface area contributed by atoms with E-state index >= 15 is 0 Å². The van der Waals surface area contributed by atoms with Gasteiger partial charge in [0.05, 0.1) is 16.0 Å². The van der Waals surface area contributed by atoms with Gasteiger partial charge in [-0.1, -0.05) is 0 Å². The molecule has 0 aliphatic rings. The van der Waals surface area contributed by atoms with Crippen LogP contribution in [-0.2, 0) is 0 Å². The molecule has 0 atom stereocenters. The maximum absolute atomic E-state index is 13.5. The van der Waals surface area contributed by atoms with Crippen LogP contribution in [0.2, 0.25) is 0 Å². The van der Waals surface area contributed by atoms with E-state index in [2.05, 4.69) is 43.0 Å². The van der Waals surface area contributed by atoms with Crippen LogP contribution in [0.5, 0.6) is 0 Å². The summed E-state index contributed by atoms with van der Waals surface area (Å²) in [5.74, 6) is 0.0411. The van der Waals surface area contributed by atoms with Gasteiger partial charge in [-0.3, -0.25) is 0 Å². The minimum absolute atomic E-state index is 0.147. The van der Waals surface area contributed by atoms with E-state index in [4.69, 9.17) is 0 Å². The first-order valence-corrected chi connectivity index (χ1v) is 5.75. The molecule has 0 saturated carbocycles. The van der Waals surface area contributed by atoms with Gasteiger partial charge in [-0.15, -0.1) is 0 Å². The molecule has 0 bridgehead atoms. The van der Waals surface area contributed by atoms with Gasteiger partial charge in [0.25, 0.3) is 0 Å². The van der Waals surface area contributed by atoms with E-state index in [0.29, 0.717) is 12.5 Å². The summed E-state index contributed by atoms with van der Waals surface area (Å²) in [5, 5.41) is 6.92. The van der Waals surface area contributed by atoms with Crippen molar-refractivity contribution in [2.75, 3.05) is 11.9 Å². The van der Waals surface area contributed by atoms with Crippen LogP contribution in [0.15, 0.2) is 18.6 Å². The van der Waals surface area contributed by atoms with Crippen molar-refractivity contribution in [2.24, 2.45) is 0 Å². The zero-order chi connectivity index (χ0) is 11.5.